The first kappa shape index (κ1) is 15.4. The molecule has 0 aliphatic heterocycles. The van der Waals surface area contributed by atoms with E-state index in [-0.39, 0.29) is 5.91 Å². The van der Waals surface area contributed by atoms with Gasteiger partial charge in [0, 0.05) is 18.0 Å². The van der Waals surface area contributed by atoms with Gasteiger partial charge in [0.1, 0.15) is 5.75 Å². The maximum Gasteiger partial charge on any atom is 0.251 e. The van der Waals surface area contributed by atoms with E-state index in [1.807, 2.05) is 36.4 Å². The van der Waals surface area contributed by atoms with Crippen molar-refractivity contribution in [2.24, 2.45) is 0 Å². The Bertz CT molecular complexity index is 579. The number of alkyl halides is 1. The van der Waals surface area contributed by atoms with E-state index in [4.69, 9.17) is 16.3 Å². The summed E-state index contributed by atoms with van der Waals surface area (Å²) in [6, 6.07) is 15.2. The van der Waals surface area contributed by atoms with Crippen molar-refractivity contribution in [2.75, 3.05) is 13.7 Å². The fourth-order valence-electron chi connectivity index (χ4n) is 1.96. The number of halogens is 1. The number of hydrogen-bond acceptors (Lipinski definition) is 2. The van der Waals surface area contributed by atoms with E-state index in [0.717, 1.165) is 23.3 Å². The van der Waals surface area contributed by atoms with Crippen molar-refractivity contribution in [1.82, 2.24) is 5.32 Å². The Morgan fingerprint density at radius 2 is 1.67 bits per heavy atom. The fourth-order valence-corrected chi connectivity index (χ4v) is 2.14. The van der Waals surface area contributed by atoms with Gasteiger partial charge in [-0.05, 0) is 41.8 Å². The second-order valence-electron chi connectivity index (χ2n) is 4.68. The van der Waals surface area contributed by atoms with Crippen molar-refractivity contribution >= 4 is 17.5 Å². The maximum atomic E-state index is 12.0. The molecule has 0 aromatic heterocycles. The average Bonchev–Trinajstić information content (AvgIpc) is 2.55. The minimum Gasteiger partial charge on any atom is -0.497 e. The summed E-state index contributed by atoms with van der Waals surface area (Å²) in [5.41, 5.74) is 2.82. The lowest BCUT2D eigenvalue weighted by Gasteiger charge is -2.07. The number of methoxy groups -OCH3 is 1. The molecule has 0 saturated carbocycles. The molecule has 110 valence electrons. The summed E-state index contributed by atoms with van der Waals surface area (Å²) in [7, 11) is 1.64. The van der Waals surface area contributed by atoms with Gasteiger partial charge < -0.3 is 10.1 Å². The molecule has 2 aromatic carbocycles. The molecular weight excluding hydrogens is 286 g/mol. The predicted molar refractivity (Wildman–Crippen MR) is 85.0 cm³/mol. The smallest absolute Gasteiger partial charge is 0.251 e. The maximum absolute atomic E-state index is 12.0. The molecular formula is C17H18ClNO2. The number of hydrogen-bond donors (Lipinski definition) is 1. The highest BCUT2D eigenvalue weighted by Gasteiger charge is 2.04. The highest BCUT2D eigenvalue weighted by molar-refractivity contribution is 6.17. The zero-order valence-electron chi connectivity index (χ0n) is 11.9. The Hall–Kier alpha value is -2.00. The van der Waals surface area contributed by atoms with Gasteiger partial charge >= 0.3 is 0 Å². The van der Waals surface area contributed by atoms with Gasteiger partial charge in [0.25, 0.3) is 5.91 Å². The Kier molecular flexibility index (Phi) is 5.64. The molecule has 1 amide bonds. The Labute approximate surface area is 129 Å². The van der Waals surface area contributed by atoms with Crippen LogP contribution in [0.15, 0.2) is 48.5 Å². The average molecular weight is 304 g/mol. The zero-order valence-corrected chi connectivity index (χ0v) is 12.7. The molecule has 3 nitrogen and oxygen atoms in total. The van der Waals surface area contributed by atoms with Crippen molar-refractivity contribution in [3.8, 4) is 5.75 Å². The fraction of sp³-hybridized carbons (Fsp3) is 0.235. The standard InChI is InChI=1S/C17H18ClNO2/c1-21-16-8-4-13(5-9-16)10-11-19-17(20)15-6-2-14(12-18)3-7-15/h2-9H,10-12H2,1H3,(H,19,20). The van der Waals surface area contributed by atoms with Crippen LogP contribution in [0.4, 0.5) is 0 Å². The number of carbonyl (C=O) groups is 1. The molecule has 0 aliphatic carbocycles. The lowest BCUT2D eigenvalue weighted by Crippen LogP contribution is -2.25. The van der Waals surface area contributed by atoms with Crippen molar-refractivity contribution in [3.05, 3.63) is 65.2 Å². The van der Waals surface area contributed by atoms with Crippen molar-refractivity contribution in [2.45, 2.75) is 12.3 Å². The number of nitrogens with one attached hydrogen (secondary N) is 1. The van der Waals surface area contributed by atoms with Gasteiger partial charge in [0.15, 0.2) is 0 Å². The minimum absolute atomic E-state index is 0.0652. The highest BCUT2D eigenvalue weighted by Crippen LogP contribution is 2.11. The first-order valence-electron chi connectivity index (χ1n) is 6.79. The Morgan fingerprint density at radius 1 is 1.05 bits per heavy atom. The van der Waals surface area contributed by atoms with Crippen LogP contribution in [0.3, 0.4) is 0 Å². The minimum atomic E-state index is -0.0652. The van der Waals surface area contributed by atoms with Gasteiger partial charge in [-0.15, -0.1) is 11.6 Å². The molecule has 0 heterocycles. The van der Waals surface area contributed by atoms with E-state index >= 15 is 0 Å². The summed E-state index contributed by atoms with van der Waals surface area (Å²) in [5, 5.41) is 2.91. The summed E-state index contributed by atoms with van der Waals surface area (Å²) in [4.78, 5) is 12.0. The van der Waals surface area contributed by atoms with Gasteiger partial charge in [-0.1, -0.05) is 24.3 Å². The molecule has 0 aliphatic rings. The summed E-state index contributed by atoms with van der Waals surface area (Å²) < 4.78 is 5.11. The Morgan fingerprint density at radius 3 is 2.24 bits per heavy atom. The summed E-state index contributed by atoms with van der Waals surface area (Å²) >= 11 is 5.72. The molecule has 0 saturated heterocycles. The van der Waals surface area contributed by atoms with Gasteiger partial charge in [0.05, 0.1) is 7.11 Å². The van der Waals surface area contributed by atoms with Crippen LogP contribution in [0.25, 0.3) is 0 Å². The molecule has 21 heavy (non-hydrogen) atoms. The van der Waals surface area contributed by atoms with Gasteiger partial charge in [-0.25, -0.2) is 0 Å². The van der Waals surface area contributed by atoms with Gasteiger partial charge in [0.2, 0.25) is 0 Å². The topological polar surface area (TPSA) is 38.3 Å². The third-order valence-electron chi connectivity index (χ3n) is 3.23. The van der Waals surface area contributed by atoms with Gasteiger partial charge in [-0.2, -0.15) is 0 Å². The molecule has 0 fully saturated rings. The molecule has 2 rings (SSSR count). The first-order valence-corrected chi connectivity index (χ1v) is 7.32. The molecule has 1 N–H and O–H groups in total. The van der Waals surface area contributed by atoms with Crippen LogP contribution in [0, 0.1) is 0 Å². The second-order valence-corrected chi connectivity index (χ2v) is 4.95. The van der Waals surface area contributed by atoms with Gasteiger partial charge in [-0.3, -0.25) is 4.79 Å². The van der Waals surface area contributed by atoms with E-state index < -0.39 is 0 Å². The number of ether oxygens (including phenoxy) is 1. The van der Waals surface area contributed by atoms with Crippen LogP contribution in [0.1, 0.15) is 21.5 Å². The number of benzene rings is 2. The molecule has 0 unspecified atom stereocenters. The molecule has 0 atom stereocenters. The van der Waals surface area contributed by atoms with Crippen molar-refractivity contribution in [1.29, 1.82) is 0 Å². The quantitative estimate of drug-likeness (QED) is 0.831. The number of rotatable bonds is 6. The van der Waals surface area contributed by atoms with Crippen LogP contribution >= 0.6 is 11.6 Å². The monoisotopic (exact) mass is 303 g/mol. The molecule has 0 spiro atoms. The zero-order chi connectivity index (χ0) is 15.1. The summed E-state index contributed by atoms with van der Waals surface area (Å²) in [5.74, 6) is 1.23. The van der Waals surface area contributed by atoms with Crippen molar-refractivity contribution < 1.29 is 9.53 Å². The van der Waals surface area contributed by atoms with Crippen LogP contribution in [-0.2, 0) is 12.3 Å². The first-order chi connectivity index (χ1) is 10.2. The third kappa shape index (κ3) is 4.50. The van der Waals surface area contributed by atoms with E-state index in [1.54, 1.807) is 19.2 Å². The largest absolute Gasteiger partial charge is 0.497 e. The SMILES string of the molecule is COc1ccc(CCNC(=O)c2ccc(CCl)cc2)cc1. The lowest BCUT2D eigenvalue weighted by molar-refractivity contribution is 0.0954. The molecule has 2 aromatic rings. The van der Waals surface area contributed by atoms with E-state index in [1.165, 1.54) is 0 Å². The lowest BCUT2D eigenvalue weighted by atomic mass is 10.1. The van der Waals surface area contributed by atoms with Crippen LogP contribution in [0.2, 0.25) is 0 Å². The van der Waals surface area contributed by atoms with E-state index in [0.29, 0.717) is 18.0 Å². The molecule has 0 radical (unpaired) electrons. The molecule has 0 bridgehead atoms. The highest BCUT2D eigenvalue weighted by atomic mass is 35.5. The molecule has 4 heteroatoms. The van der Waals surface area contributed by atoms with Crippen molar-refractivity contribution in [3.63, 3.8) is 0 Å². The van der Waals surface area contributed by atoms with Crippen LogP contribution < -0.4 is 10.1 Å². The van der Waals surface area contributed by atoms with E-state index in [9.17, 15) is 4.79 Å². The normalized spacial score (nSPS) is 10.2. The second kappa shape index (κ2) is 7.70. The van der Waals surface area contributed by atoms with Crippen LogP contribution in [-0.4, -0.2) is 19.6 Å². The predicted octanol–water partition coefficient (Wildman–Crippen LogP) is 3.41. The Balaban J connectivity index is 1.82. The summed E-state index contributed by atoms with van der Waals surface area (Å²) in [6.07, 6.45) is 0.787. The summed E-state index contributed by atoms with van der Waals surface area (Å²) in [6.45, 7) is 0.600. The van der Waals surface area contributed by atoms with E-state index in [2.05, 4.69) is 5.32 Å². The number of amides is 1. The third-order valence-corrected chi connectivity index (χ3v) is 3.54. The number of carbonyl (C=O) groups excluding carboxylic acids is 1. The van der Waals surface area contributed by atoms with Crippen LogP contribution in [0.5, 0.6) is 5.75 Å².